The maximum Gasteiger partial charge on any atom is 0.291 e. The number of para-hydroxylation sites is 1. The number of anilines is 3. The molecule has 3 N–H and O–H groups in total. The highest BCUT2D eigenvalue weighted by atomic mass is 33.1. The molecule has 290 valence electrons. The molecule has 0 fully saturated rings. The minimum Gasteiger partial charge on any atom is -0.493 e. The van der Waals surface area contributed by atoms with Crippen LogP contribution < -0.4 is 30.3 Å². The van der Waals surface area contributed by atoms with Crippen LogP contribution in [0, 0.1) is 0 Å². The van der Waals surface area contributed by atoms with Crippen LogP contribution in [0.3, 0.4) is 0 Å². The first-order valence-corrected chi connectivity index (χ1v) is 21.3. The van der Waals surface area contributed by atoms with Crippen LogP contribution >= 0.6 is 32.9 Å². The molecule has 0 aliphatic carbocycles. The molecule has 4 heterocycles. The summed E-state index contributed by atoms with van der Waals surface area (Å²) in [5.74, 6) is 0.140. The summed E-state index contributed by atoms with van der Waals surface area (Å²) >= 11 is 1.39. The minimum atomic E-state index is -0.451. The summed E-state index contributed by atoms with van der Waals surface area (Å²) in [6.07, 6.45) is 6.60. The van der Waals surface area contributed by atoms with Crippen LogP contribution in [-0.2, 0) is 18.3 Å². The zero-order valence-electron chi connectivity index (χ0n) is 31.5. The first-order valence-electron chi connectivity index (χ1n) is 17.9. The number of nitrogens with zero attached hydrogens (tertiary/aromatic N) is 4. The monoisotopic (exact) mass is 811 g/mol. The molecule has 0 bridgehead atoms. The molecule has 0 spiro atoms. The maximum atomic E-state index is 13.7. The van der Waals surface area contributed by atoms with Crippen molar-refractivity contribution >= 4 is 95.7 Å². The van der Waals surface area contributed by atoms with Gasteiger partial charge in [-0.15, -0.1) is 11.3 Å². The van der Waals surface area contributed by atoms with E-state index in [1.165, 1.54) is 23.0 Å². The van der Waals surface area contributed by atoms with Gasteiger partial charge in [-0.05, 0) is 73.9 Å². The van der Waals surface area contributed by atoms with Crippen LogP contribution in [0.1, 0.15) is 62.9 Å². The average Bonchev–Trinajstić information content (AvgIpc) is 3.86. The smallest absolute Gasteiger partial charge is 0.291 e. The predicted octanol–water partition coefficient (Wildman–Crippen LogP) is 7.50. The number of ether oxygens (including phenoxy) is 2. The Kier molecular flexibility index (Phi) is 11.4. The van der Waals surface area contributed by atoms with Crippen LogP contribution in [0.5, 0.6) is 11.5 Å². The number of carbonyl (C=O) groups excluding carboxylic acids is 4. The van der Waals surface area contributed by atoms with E-state index in [1.54, 1.807) is 64.1 Å². The molecule has 5 aromatic rings. The van der Waals surface area contributed by atoms with Gasteiger partial charge in [-0.3, -0.25) is 29.1 Å². The number of aromatic nitrogens is 2. The van der Waals surface area contributed by atoms with Crippen LogP contribution in [0.4, 0.5) is 22.9 Å². The number of imidazole rings is 1. The van der Waals surface area contributed by atoms with Crippen molar-refractivity contribution in [3.63, 3.8) is 0 Å². The minimum absolute atomic E-state index is 0.0984. The van der Waals surface area contributed by atoms with Gasteiger partial charge < -0.3 is 30.0 Å². The second-order valence-electron chi connectivity index (χ2n) is 13.9. The number of nitrogens with one attached hydrogen (secondary N) is 3. The van der Waals surface area contributed by atoms with E-state index >= 15 is 0 Å². The van der Waals surface area contributed by atoms with E-state index in [0.717, 1.165) is 21.3 Å². The first kappa shape index (κ1) is 38.9. The fourth-order valence-electron chi connectivity index (χ4n) is 6.60. The number of hydrogen-bond acceptors (Lipinski definition) is 11. The van der Waals surface area contributed by atoms with E-state index in [2.05, 4.69) is 39.8 Å². The molecule has 0 saturated heterocycles. The Bertz CT molecular complexity index is 2370. The second-order valence-corrected chi connectivity index (χ2v) is 18.1. The normalized spacial score (nSPS) is 14.5. The lowest BCUT2D eigenvalue weighted by molar-refractivity contribution is -0.116. The van der Waals surface area contributed by atoms with Gasteiger partial charge in [0, 0.05) is 65.7 Å². The quantitative estimate of drug-likeness (QED) is 0.0764. The molecule has 56 heavy (non-hydrogen) atoms. The number of benzene rings is 3. The van der Waals surface area contributed by atoms with Crippen molar-refractivity contribution in [3.8, 4) is 11.5 Å². The highest BCUT2D eigenvalue weighted by molar-refractivity contribution is 8.77. The van der Waals surface area contributed by atoms with E-state index in [9.17, 15) is 19.2 Å². The summed E-state index contributed by atoms with van der Waals surface area (Å²) < 4.78 is 13.9. The molecule has 0 unspecified atom stereocenters. The predicted molar refractivity (Wildman–Crippen MR) is 226 cm³/mol. The summed E-state index contributed by atoms with van der Waals surface area (Å²) in [6, 6.07) is 18.3. The standard InChI is InChI=1S/C40H41N7O6S3/c1-40(2,56-54-5)22-42-37(49)33-17-24-15-25(12-13-32(24)55-33)43-38(50)36-45-34(21-46(36)3)44-35(48)11-8-14-53-31-19-28-27(18-30(31)52-4)39(51)47-26(20-41-28)16-23-9-6-7-10-29(23)47/h6-7,9-10,12-13,15,17-21,26H,8,11,14,16,22H2,1-5H3,(H,42,49)(H,43,50)(H,44,48)/t26-/m0/s1. The molecule has 4 amide bonds. The first-order chi connectivity index (χ1) is 26.9. The fourth-order valence-corrected chi connectivity index (χ4v) is 9.67. The Morgan fingerprint density at radius 2 is 1.86 bits per heavy atom. The third-order valence-corrected chi connectivity index (χ3v) is 13.0. The van der Waals surface area contributed by atoms with E-state index in [0.29, 0.717) is 52.7 Å². The van der Waals surface area contributed by atoms with Crippen molar-refractivity contribution < 1.29 is 28.7 Å². The lowest BCUT2D eigenvalue weighted by Gasteiger charge is -2.22. The molecular weight excluding hydrogens is 771 g/mol. The molecular formula is C40H41N7O6S3. The van der Waals surface area contributed by atoms with Crippen molar-refractivity contribution in [2.24, 2.45) is 12.0 Å². The summed E-state index contributed by atoms with van der Waals surface area (Å²) in [5, 5.41) is 9.48. The summed E-state index contributed by atoms with van der Waals surface area (Å²) in [6.45, 7) is 4.92. The van der Waals surface area contributed by atoms with E-state index in [-0.39, 0.29) is 53.2 Å². The second kappa shape index (κ2) is 16.4. The highest BCUT2D eigenvalue weighted by Gasteiger charge is 2.36. The lowest BCUT2D eigenvalue weighted by Crippen LogP contribution is -2.37. The summed E-state index contributed by atoms with van der Waals surface area (Å²) in [7, 11) is 6.56. The van der Waals surface area contributed by atoms with Gasteiger partial charge in [-0.1, -0.05) is 39.8 Å². The molecule has 7 rings (SSSR count). The van der Waals surface area contributed by atoms with Gasteiger partial charge >= 0.3 is 0 Å². The molecule has 2 aliphatic rings. The maximum absolute atomic E-state index is 13.7. The number of carbonyl (C=O) groups is 4. The number of aliphatic imine (C=N–C) groups is 1. The van der Waals surface area contributed by atoms with Gasteiger partial charge in [0.05, 0.1) is 35.9 Å². The molecule has 2 aromatic heterocycles. The van der Waals surface area contributed by atoms with Gasteiger partial charge in [0.1, 0.15) is 0 Å². The number of aryl methyl sites for hydroxylation is 1. The number of thiophene rings is 1. The van der Waals surface area contributed by atoms with Gasteiger partial charge in [-0.25, -0.2) is 4.98 Å². The SMILES string of the molecule is COc1cc2c(cc1OCCCC(=O)Nc1cn(C)c(C(=O)Nc3ccc4sc(C(=O)NCC(C)(C)SSC)cc4c3)n1)N=C[C@@H]1Cc3ccccc3N1C2=O. The van der Waals surface area contributed by atoms with Crippen LogP contribution in [0.15, 0.2) is 71.9 Å². The van der Waals surface area contributed by atoms with Crippen LogP contribution in [0.2, 0.25) is 0 Å². The summed E-state index contributed by atoms with van der Waals surface area (Å²) in [4.78, 5) is 63.9. The largest absolute Gasteiger partial charge is 0.493 e. The van der Waals surface area contributed by atoms with Crippen molar-refractivity contribution in [2.45, 2.75) is 43.9 Å². The number of fused-ring (bicyclic) bond motifs is 5. The topological polar surface area (TPSA) is 156 Å². The van der Waals surface area contributed by atoms with Crippen molar-refractivity contribution in [3.05, 3.63) is 88.7 Å². The highest BCUT2D eigenvalue weighted by Crippen LogP contribution is 2.41. The molecule has 0 saturated carbocycles. The Morgan fingerprint density at radius 1 is 1.04 bits per heavy atom. The summed E-state index contributed by atoms with van der Waals surface area (Å²) in [5.41, 5.74) is 3.46. The average molecular weight is 812 g/mol. The third-order valence-electron chi connectivity index (χ3n) is 9.26. The molecule has 2 aliphatic heterocycles. The zero-order valence-corrected chi connectivity index (χ0v) is 34.0. The molecule has 0 radical (unpaired) electrons. The Labute approximate surface area is 336 Å². The van der Waals surface area contributed by atoms with Gasteiger partial charge in [0.2, 0.25) is 11.7 Å². The van der Waals surface area contributed by atoms with Gasteiger partial charge in [-0.2, -0.15) is 0 Å². The Morgan fingerprint density at radius 3 is 2.66 bits per heavy atom. The molecule has 1 atom stereocenters. The van der Waals surface area contributed by atoms with E-state index < -0.39 is 5.91 Å². The molecule has 16 heteroatoms. The zero-order chi connectivity index (χ0) is 39.6. The number of rotatable bonds is 14. The Balaban J connectivity index is 0.911. The fraction of sp³-hybridized carbons (Fsp3) is 0.300. The third kappa shape index (κ3) is 8.41. The van der Waals surface area contributed by atoms with Gasteiger partial charge in [0.15, 0.2) is 17.3 Å². The number of methoxy groups -OCH3 is 1. The molecule has 13 nitrogen and oxygen atoms in total. The van der Waals surface area contributed by atoms with Crippen LogP contribution in [0.25, 0.3) is 10.1 Å². The van der Waals surface area contributed by atoms with Gasteiger partial charge in [0.25, 0.3) is 17.7 Å². The number of hydrogen-bond donors (Lipinski definition) is 3. The lowest BCUT2D eigenvalue weighted by atomic mass is 10.1. The van der Waals surface area contributed by atoms with Crippen molar-refractivity contribution in [2.75, 3.05) is 42.1 Å². The molecule has 3 aromatic carbocycles. The van der Waals surface area contributed by atoms with Crippen molar-refractivity contribution in [1.82, 2.24) is 14.9 Å². The van der Waals surface area contributed by atoms with E-state index in [4.69, 9.17) is 9.47 Å². The van der Waals surface area contributed by atoms with Crippen LogP contribution in [-0.4, -0.2) is 76.7 Å². The number of amides is 4. The Hall–Kier alpha value is -5.32. The van der Waals surface area contributed by atoms with Crippen molar-refractivity contribution in [1.29, 1.82) is 0 Å². The van der Waals surface area contributed by atoms with E-state index in [1.807, 2.05) is 48.7 Å².